The zero-order chi connectivity index (χ0) is 97.8. The molecule has 0 radical (unpaired) electrons. The summed E-state index contributed by atoms with van der Waals surface area (Å²) in [5, 5.41) is 3.60. The first-order valence-electron chi connectivity index (χ1n) is 49.8. The molecule has 32 rings (SSSR count). The molecule has 0 spiro atoms. The lowest BCUT2D eigenvalue weighted by Gasteiger charge is -2.44. The maximum Gasteiger partial charge on any atom is 0.249 e. The first-order valence-corrected chi connectivity index (χ1v) is 54.7. The summed E-state index contributed by atoms with van der Waals surface area (Å²) >= 11 is 11.3. The predicted octanol–water partition coefficient (Wildman–Crippen LogP) is 28.2. The quantitative estimate of drug-likeness (QED) is 0.128. The zero-order valence-corrected chi connectivity index (χ0v) is 84.4. The molecule has 0 fully saturated rings. The van der Waals surface area contributed by atoms with E-state index < -0.39 is 0 Å². The lowest BCUT2D eigenvalue weighted by Crippen LogP contribution is -2.60. The van der Waals surface area contributed by atoms with E-state index >= 15 is 0 Å². The maximum absolute atomic E-state index is 5.02. The number of pyridine rings is 4. The number of fused-ring (bicyclic) bond motifs is 23. The molecule has 149 heavy (non-hydrogen) atoms. The lowest BCUT2D eigenvalue weighted by atomic mass is 9.35. The van der Waals surface area contributed by atoms with Gasteiger partial charge in [-0.3, -0.25) is 19.9 Å². The number of hydrogen-bond acceptors (Lipinski definition) is 19. The van der Waals surface area contributed by atoms with Crippen molar-refractivity contribution in [2.45, 2.75) is 58.7 Å². The summed E-state index contributed by atoms with van der Waals surface area (Å²) in [5.74, 6) is 1.92. The summed E-state index contributed by atoms with van der Waals surface area (Å²) in [4.78, 5) is 63.4. The van der Waals surface area contributed by atoms with Crippen LogP contribution < -0.4 is 78.6 Å². The van der Waals surface area contributed by atoms with Crippen molar-refractivity contribution >= 4 is 264 Å². The number of rotatable bonds is 9. The molecule has 0 bridgehead atoms. The molecule has 0 unspecified atom stereocenters. The van der Waals surface area contributed by atoms with E-state index in [-0.39, 0.29) is 20.1 Å². The number of hydrogen-bond donors (Lipinski definition) is 0. The van der Waals surface area contributed by atoms with Crippen LogP contribution in [-0.2, 0) is 0 Å². The highest BCUT2D eigenvalue weighted by molar-refractivity contribution is 8.01. The molecule has 696 valence electrons. The average molecular weight is 2010 g/mol. The van der Waals surface area contributed by atoms with Gasteiger partial charge in [0, 0.05) is 131 Å². The number of benzene rings is 18. The molecule has 0 N–H and O–H groups in total. The fraction of sp³-hybridized carbons (Fsp3) is 0. The van der Waals surface area contributed by atoms with Gasteiger partial charge in [-0.25, -0.2) is 15.0 Å². The largest absolute Gasteiger partial charge is 0.310 e. The van der Waals surface area contributed by atoms with E-state index in [1.807, 2.05) is 193 Å². The third kappa shape index (κ3) is 14.4. The second-order valence-electron chi connectivity index (χ2n) is 37.6. The zero-order valence-electron chi connectivity index (χ0n) is 79.5. The van der Waals surface area contributed by atoms with E-state index in [0.29, 0.717) is 17.5 Å². The Labute approximate surface area is 887 Å². The van der Waals surface area contributed by atoms with Crippen molar-refractivity contribution in [3.05, 3.63) is 474 Å². The van der Waals surface area contributed by atoms with Crippen LogP contribution in [0.5, 0.6) is 0 Å². The fourth-order valence-electron chi connectivity index (χ4n) is 23.2. The molecule has 0 amide bonds. The topological polar surface area (TPSA) is 110 Å². The molecular formula is C127H78B3N13S6. The third-order valence-electron chi connectivity index (χ3n) is 29.4. The Bertz CT molecular complexity index is 9030. The Hall–Kier alpha value is -16.8. The Morgan fingerprint density at radius 3 is 0.987 bits per heavy atom. The second-order valence-corrected chi connectivity index (χ2v) is 44.0. The van der Waals surface area contributed by atoms with E-state index in [0.717, 1.165) is 67.4 Å². The van der Waals surface area contributed by atoms with Crippen LogP contribution in [0.3, 0.4) is 0 Å². The van der Waals surface area contributed by atoms with E-state index in [9.17, 15) is 0 Å². The molecular weight excluding hydrogens is 1930 g/mol. The van der Waals surface area contributed by atoms with E-state index in [1.54, 1.807) is 0 Å². The number of aromatic nitrogens is 7. The summed E-state index contributed by atoms with van der Waals surface area (Å²) < 4.78 is 0. The van der Waals surface area contributed by atoms with E-state index in [2.05, 4.69) is 396 Å². The van der Waals surface area contributed by atoms with Crippen molar-refractivity contribution in [1.82, 2.24) is 34.9 Å². The third-order valence-corrected chi connectivity index (χ3v) is 36.4. The van der Waals surface area contributed by atoms with Gasteiger partial charge in [0.2, 0.25) is 20.1 Å². The van der Waals surface area contributed by atoms with Gasteiger partial charge in [-0.2, -0.15) is 0 Å². The van der Waals surface area contributed by atoms with Gasteiger partial charge in [0.15, 0.2) is 17.5 Å². The normalized spacial score (nSPS) is 13.6. The molecule has 5 aromatic heterocycles. The van der Waals surface area contributed by atoms with Gasteiger partial charge in [-0.15, -0.1) is 0 Å². The van der Waals surface area contributed by atoms with Gasteiger partial charge in [-0.05, 0) is 208 Å². The first-order chi connectivity index (χ1) is 74.0. The molecule has 0 aliphatic carbocycles. The van der Waals surface area contributed by atoms with Gasteiger partial charge in [-0.1, -0.05) is 348 Å². The highest BCUT2D eigenvalue weighted by atomic mass is 32.2. The van der Waals surface area contributed by atoms with Crippen LogP contribution in [0.25, 0.3) is 55.8 Å². The highest BCUT2D eigenvalue weighted by Gasteiger charge is 2.50. The van der Waals surface area contributed by atoms with Crippen molar-refractivity contribution in [3.63, 3.8) is 0 Å². The summed E-state index contributed by atoms with van der Waals surface area (Å²) in [6.45, 7) is 0.377. The second kappa shape index (κ2) is 36.1. The minimum absolute atomic E-state index is 0.101. The van der Waals surface area contributed by atoms with Crippen molar-refractivity contribution in [1.29, 1.82) is 0 Å². The van der Waals surface area contributed by atoms with Crippen LogP contribution in [0.1, 0.15) is 0 Å². The van der Waals surface area contributed by atoms with Crippen molar-refractivity contribution < 1.29 is 0 Å². The molecule has 0 atom stereocenters. The van der Waals surface area contributed by atoms with Crippen LogP contribution in [0.2, 0.25) is 0 Å². The summed E-state index contributed by atoms with van der Waals surface area (Å²) in [5.41, 5.74) is 36.8. The molecule has 18 aromatic carbocycles. The molecule has 14 heterocycles. The van der Waals surface area contributed by atoms with Crippen LogP contribution >= 0.6 is 70.6 Å². The molecule has 9 aliphatic heterocycles. The van der Waals surface area contributed by atoms with Crippen LogP contribution in [0.15, 0.2) is 533 Å². The van der Waals surface area contributed by atoms with Gasteiger partial charge >= 0.3 is 0 Å². The predicted molar refractivity (Wildman–Crippen MR) is 621 cm³/mol. The smallest absolute Gasteiger partial charge is 0.249 e. The van der Waals surface area contributed by atoms with Crippen molar-refractivity contribution in [2.75, 3.05) is 29.4 Å². The summed E-state index contributed by atoms with van der Waals surface area (Å²) in [7, 11) is 0. The fourth-order valence-corrected chi connectivity index (χ4v) is 30.3. The van der Waals surface area contributed by atoms with Crippen LogP contribution in [0.4, 0.5) is 102 Å². The number of anilines is 18. The summed E-state index contributed by atoms with van der Waals surface area (Å²) in [6.07, 6.45) is 13.4. The molecule has 22 heteroatoms. The monoisotopic (exact) mass is 2010 g/mol. The van der Waals surface area contributed by atoms with Crippen molar-refractivity contribution in [2.24, 2.45) is 0 Å². The molecule has 0 saturated carbocycles. The Morgan fingerprint density at radius 1 is 0.195 bits per heavy atom. The molecule has 13 nitrogen and oxygen atoms in total. The minimum Gasteiger partial charge on any atom is -0.310 e. The van der Waals surface area contributed by atoms with Crippen LogP contribution in [-0.4, -0.2) is 55.0 Å². The molecule has 23 aromatic rings. The Morgan fingerprint density at radius 2 is 0.530 bits per heavy atom. The van der Waals surface area contributed by atoms with Gasteiger partial charge in [0.05, 0.1) is 107 Å². The lowest BCUT2D eigenvalue weighted by molar-refractivity contribution is 1.07. The first kappa shape index (κ1) is 87.6. The van der Waals surface area contributed by atoms with E-state index in [4.69, 9.17) is 19.9 Å². The standard InChI is InChI=1S/C50H31BN6S2.C39H24BN3S2.C38H23BN4S2/c1-3-13-32(14-4-1)48-53-49(33-15-5-2-6-16-33)55-50(54-48)34-23-25-35(26-24-34)56-40-20-10-12-22-43(40)59-47-41(56)31-44-45-46(47)57(36-27-29-52-30-28-36)39-19-9-7-17-37(39)51(45)38-18-8-11-21-42(38)58-44;1-2-14-27-25(11-1)12-9-19-30(27)43-32-18-6-8-21-35(32)45-39-33(43)23-36-37-38(39)42(26-13-10-22-41-24-26)31-17-5-3-15-28(31)40(37)29-16-4-7-20-34(29)44-36;1-3-15-28-26(13-1)39-27-14-2-5-18-32(27)44-34-22-31-38(37(35(34)39)42(28)25-12-9-20-40-23-25)45-33-19-6-4-16-29(33)43(31)30-17-7-10-24-11-8-21-41-36(24)30/h1-31H;1-24H;1-23H. The van der Waals surface area contributed by atoms with Gasteiger partial charge in [0.25, 0.3) is 0 Å². The van der Waals surface area contributed by atoms with E-state index in [1.165, 1.54) is 181 Å². The Kier molecular flexibility index (Phi) is 21.2. The average Bonchev–Trinajstić information content (AvgIpc) is 0.702. The van der Waals surface area contributed by atoms with Gasteiger partial charge in [0.1, 0.15) is 0 Å². The number of para-hydroxylation sites is 7. The molecule has 0 saturated heterocycles. The Balaban J connectivity index is 0.000000104. The number of nitrogens with zero attached hydrogens (tertiary/aromatic N) is 13. The molecule has 9 aliphatic rings. The van der Waals surface area contributed by atoms with Gasteiger partial charge < -0.3 is 29.4 Å². The highest BCUT2D eigenvalue weighted by Crippen LogP contribution is 2.64. The summed E-state index contributed by atoms with van der Waals surface area (Å²) in [6, 6.07) is 155. The van der Waals surface area contributed by atoms with Crippen molar-refractivity contribution in [3.8, 4) is 34.2 Å². The van der Waals surface area contributed by atoms with Crippen LogP contribution in [0, 0.1) is 0 Å². The SMILES string of the molecule is c1ccc(-c2nc(-c3ccccc3)nc(-c3ccc(N4c5ccccc5Sc5c4cc4c6c5N(c5ccncc5)c5ccccc5B6c5ccccc5S4)cc3)n2)cc1.c1cncc(N2c3ccccc3B3c4ccccc4Sc4cc5c(c2c43)Sc2ccccc2N5c2cccc3ccccc23)c1.c1cncc(N2c3ccccc3B3c4ccccc4Sc4cc5c(c2c43)Sc2ccccc2N5c2cccc3cccnc23)c1. The maximum atomic E-state index is 5.02. The minimum atomic E-state index is 0.101.